The fourth-order valence-corrected chi connectivity index (χ4v) is 3.00. The molecule has 3 nitrogen and oxygen atoms in total. The number of nitrogens with one attached hydrogen (secondary N) is 1. The van der Waals surface area contributed by atoms with Crippen LogP contribution in [0.3, 0.4) is 0 Å². The summed E-state index contributed by atoms with van der Waals surface area (Å²) in [4.78, 5) is 19.1. The van der Waals surface area contributed by atoms with Crippen LogP contribution in [0, 0.1) is 18.6 Å². The van der Waals surface area contributed by atoms with Crippen LogP contribution in [-0.4, -0.2) is 15.7 Å². The first kappa shape index (κ1) is 16.7. The molecule has 2 rings (SSSR count). The molecule has 0 saturated carbocycles. The Hall–Kier alpha value is -1.69. The van der Waals surface area contributed by atoms with E-state index in [1.54, 1.807) is 13.8 Å². The Morgan fingerprint density at radius 1 is 1.32 bits per heavy atom. The van der Waals surface area contributed by atoms with Crippen LogP contribution in [0.4, 0.5) is 8.78 Å². The minimum absolute atomic E-state index is 0.0601. The van der Waals surface area contributed by atoms with E-state index in [1.807, 2.05) is 6.92 Å². The number of benzene rings is 1. The number of nitrogens with zero attached hydrogens (tertiary/aromatic N) is 1. The highest BCUT2D eigenvalue weighted by molar-refractivity contribution is 7.99. The molecule has 0 aliphatic rings. The molecule has 0 saturated heterocycles. The summed E-state index contributed by atoms with van der Waals surface area (Å²) in [5.74, 6) is -1.08. The van der Waals surface area contributed by atoms with E-state index in [0.29, 0.717) is 16.4 Å². The summed E-state index contributed by atoms with van der Waals surface area (Å²) >= 11 is 1.42. The van der Waals surface area contributed by atoms with Crippen molar-refractivity contribution in [1.29, 1.82) is 0 Å². The number of halogens is 2. The van der Waals surface area contributed by atoms with Gasteiger partial charge in [0, 0.05) is 22.8 Å². The summed E-state index contributed by atoms with van der Waals surface area (Å²) in [5, 5.41) is 0.482. The van der Waals surface area contributed by atoms with E-state index in [1.165, 1.54) is 30.0 Å². The first-order valence-electron chi connectivity index (χ1n) is 7.13. The van der Waals surface area contributed by atoms with Crippen LogP contribution in [0.15, 0.2) is 28.2 Å². The number of H-pyrrole nitrogens is 1. The van der Waals surface area contributed by atoms with Crippen molar-refractivity contribution < 1.29 is 8.78 Å². The van der Waals surface area contributed by atoms with Gasteiger partial charge in [0.25, 0.3) is 5.56 Å². The molecular weight excluding hydrogens is 306 g/mol. The fourth-order valence-electron chi connectivity index (χ4n) is 2.28. The first-order chi connectivity index (χ1) is 10.5. The summed E-state index contributed by atoms with van der Waals surface area (Å²) in [6, 6.07) is 3.75. The topological polar surface area (TPSA) is 45.8 Å². The molecule has 0 amide bonds. The molecule has 1 heterocycles. The second kappa shape index (κ2) is 7.05. The zero-order chi connectivity index (χ0) is 16.3. The van der Waals surface area contributed by atoms with E-state index in [0.717, 1.165) is 12.2 Å². The van der Waals surface area contributed by atoms with Crippen molar-refractivity contribution in [3.8, 4) is 0 Å². The maximum atomic E-state index is 14.0. The predicted molar refractivity (Wildman–Crippen MR) is 84.5 cm³/mol. The lowest BCUT2D eigenvalue weighted by Gasteiger charge is -2.16. The lowest BCUT2D eigenvalue weighted by molar-refractivity contribution is 0.543. The molecule has 1 atom stereocenters. The monoisotopic (exact) mass is 324 g/mol. The smallest absolute Gasteiger partial charge is 0.254 e. The van der Waals surface area contributed by atoms with Crippen LogP contribution < -0.4 is 5.56 Å². The lowest BCUT2D eigenvalue weighted by Crippen LogP contribution is -2.18. The van der Waals surface area contributed by atoms with Crippen molar-refractivity contribution >= 4 is 11.8 Å². The molecule has 0 bridgehead atoms. The van der Waals surface area contributed by atoms with E-state index in [2.05, 4.69) is 9.97 Å². The van der Waals surface area contributed by atoms with E-state index in [4.69, 9.17) is 0 Å². The lowest BCUT2D eigenvalue weighted by atomic mass is 9.94. The van der Waals surface area contributed by atoms with E-state index in [-0.39, 0.29) is 11.1 Å². The van der Waals surface area contributed by atoms with Gasteiger partial charge < -0.3 is 4.98 Å². The molecule has 1 N–H and O–H groups in total. The molecule has 0 aliphatic carbocycles. The van der Waals surface area contributed by atoms with Crippen LogP contribution in [0.5, 0.6) is 0 Å². The molecule has 0 fully saturated rings. The molecule has 2 aromatic rings. The molecule has 22 heavy (non-hydrogen) atoms. The van der Waals surface area contributed by atoms with E-state index < -0.39 is 17.6 Å². The molecule has 118 valence electrons. The Labute approximate surface area is 132 Å². The number of hydrogen-bond acceptors (Lipinski definition) is 3. The van der Waals surface area contributed by atoms with Crippen molar-refractivity contribution in [2.24, 2.45) is 0 Å². The van der Waals surface area contributed by atoms with Crippen molar-refractivity contribution in [3.63, 3.8) is 0 Å². The fraction of sp³-hybridized carbons (Fsp3) is 0.375. The molecular formula is C16H18F2N2OS. The van der Waals surface area contributed by atoms with Gasteiger partial charge in [-0.2, -0.15) is 0 Å². The van der Waals surface area contributed by atoms with Crippen LogP contribution in [0.2, 0.25) is 0 Å². The number of hydrogen-bond donors (Lipinski definition) is 1. The van der Waals surface area contributed by atoms with Crippen LogP contribution in [0.1, 0.15) is 43.0 Å². The van der Waals surface area contributed by atoms with Gasteiger partial charge >= 0.3 is 0 Å². The quantitative estimate of drug-likeness (QED) is 0.667. The van der Waals surface area contributed by atoms with Crippen molar-refractivity contribution in [1.82, 2.24) is 9.97 Å². The minimum Gasteiger partial charge on any atom is -0.301 e. The van der Waals surface area contributed by atoms with Gasteiger partial charge in [0.1, 0.15) is 11.6 Å². The van der Waals surface area contributed by atoms with Gasteiger partial charge in [0.05, 0.1) is 5.69 Å². The van der Waals surface area contributed by atoms with Crippen molar-refractivity contribution in [2.45, 2.75) is 38.3 Å². The first-order valence-corrected chi connectivity index (χ1v) is 8.11. The summed E-state index contributed by atoms with van der Waals surface area (Å²) in [7, 11) is 0. The largest absolute Gasteiger partial charge is 0.301 e. The molecule has 0 radical (unpaired) electrons. The van der Waals surface area contributed by atoms with E-state index >= 15 is 0 Å². The minimum atomic E-state index is -0.635. The average Bonchev–Trinajstić information content (AvgIpc) is 2.48. The third-order valence-corrected chi connectivity index (χ3v) is 4.53. The third kappa shape index (κ3) is 3.38. The second-order valence-corrected chi connectivity index (χ2v) is 6.17. The Balaban J connectivity index is 2.51. The Kier molecular flexibility index (Phi) is 5.34. The zero-order valence-corrected chi connectivity index (χ0v) is 13.6. The molecule has 6 heteroatoms. The summed E-state index contributed by atoms with van der Waals surface area (Å²) in [6.45, 7) is 5.30. The highest BCUT2D eigenvalue weighted by Gasteiger charge is 2.22. The molecule has 0 aliphatic heterocycles. The summed E-state index contributed by atoms with van der Waals surface area (Å²) in [6.07, 6.45) is 0.940. The van der Waals surface area contributed by atoms with Crippen molar-refractivity contribution in [3.05, 3.63) is 57.0 Å². The molecule has 0 spiro atoms. The van der Waals surface area contributed by atoms with Crippen LogP contribution >= 0.6 is 11.8 Å². The van der Waals surface area contributed by atoms with Crippen LogP contribution in [0.25, 0.3) is 0 Å². The van der Waals surface area contributed by atoms with Gasteiger partial charge in [0.15, 0.2) is 5.16 Å². The van der Waals surface area contributed by atoms with Gasteiger partial charge in [-0.25, -0.2) is 13.8 Å². The highest BCUT2D eigenvalue weighted by Crippen LogP contribution is 2.29. The maximum absolute atomic E-state index is 14.0. The van der Waals surface area contributed by atoms with Gasteiger partial charge in [-0.3, -0.25) is 4.79 Å². The van der Waals surface area contributed by atoms with Gasteiger partial charge in [0.2, 0.25) is 0 Å². The SMILES string of the molecule is CCCSc1nc(C(C)c2c(F)cccc2F)c(C)c(=O)[nH]1. The number of thioether (sulfide) groups is 1. The van der Waals surface area contributed by atoms with Gasteiger partial charge in [-0.15, -0.1) is 0 Å². The maximum Gasteiger partial charge on any atom is 0.254 e. The number of aromatic nitrogens is 2. The standard InChI is InChI=1S/C16H18F2N2OS/c1-4-8-22-16-19-14(10(3)15(21)20-16)9(2)13-11(17)6-5-7-12(13)18/h5-7,9H,4,8H2,1-3H3,(H,19,20,21). The van der Waals surface area contributed by atoms with Crippen LogP contribution in [-0.2, 0) is 0 Å². The Bertz CT molecular complexity index is 710. The number of aromatic amines is 1. The molecule has 1 aromatic carbocycles. The average molecular weight is 324 g/mol. The Morgan fingerprint density at radius 3 is 2.55 bits per heavy atom. The van der Waals surface area contributed by atoms with Gasteiger partial charge in [-0.05, 0) is 25.5 Å². The van der Waals surface area contributed by atoms with Crippen molar-refractivity contribution in [2.75, 3.05) is 5.75 Å². The van der Waals surface area contributed by atoms with Gasteiger partial charge in [-0.1, -0.05) is 31.7 Å². The zero-order valence-electron chi connectivity index (χ0n) is 12.7. The van der Waals surface area contributed by atoms with E-state index in [9.17, 15) is 13.6 Å². The highest BCUT2D eigenvalue weighted by atomic mass is 32.2. The molecule has 1 unspecified atom stereocenters. The molecule has 1 aromatic heterocycles. The third-order valence-electron chi connectivity index (χ3n) is 3.45. The Morgan fingerprint density at radius 2 is 1.95 bits per heavy atom. The second-order valence-electron chi connectivity index (χ2n) is 5.09. The normalized spacial score (nSPS) is 12.4. The number of rotatable bonds is 5. The summed E-state index contributed by atoms with van der Waals surface area (Å²) in [5.41, 5.74) is 0.463. The summed E-state index contributed by atoms with van der Waals surface area (Å²) < 4.78 is 27.9. The predicted octanol–water partition coefficient (Wildman–Crippen LogP) is 4.01.